The fourth-order valence-corrected chi connectivity index (χ4v) is 2.96. The molecule has 1 atom stereocenters. The number of nitrogens with one attached hydrogen (secondary N) is 1. The van der Waals surface area contributed by atoms with Crippen molar-refractivity contribution in [3.63, 3.8) is 0 Å². The summed E-state index contributed by atoms with van der Waals surface area (Å²) in [5.74, 6) is 1.34. The minimum atomic E-state index is -0.624. The zero-order valence-electron chi connectivity index (χ0n) is 14.3. The van der Waals surface area contributed by atoms with E-state index < -0.39 is 6.10 Å². The first kappa shape index (κ1) is 17.2. The van der Waals surface area contributed by atoms with Crippen molar-refractivity contribution in [1.82, 2.24) is 15.5 Å². The van der Waals surface area contributed by atoms with Gasteiger partial charge in [0.25, 0.3) is 5.91 Å². The molecular formula is C18H19N3O3S. The number of carbonyl (C=O) groups is 1. The predicted octanol–water partition coefficient (Wildman–Crippen LogP) is 3.50. The molecule has 130 valence electrons. The van der Waals surface area contributed by atoms with Gasteiger partial charge in [-0.05, 0) is 43.8 Å². The number of thiophene rings is 1. The van der Waals surface area contributed by atoms with Crippen molar-refractivity contribution in [2.75, 3.05) is 0 Å². The van der Waals surface area contributed by atoms with Gasteiger partial charge in [0.1, 0.15) is 5.75 Å². The predicted molar refractivity (Wildman–Crippen MR) is 95.5 cm³/mol. The molecule has 0 aliphatic rings. The van der Waals surface area contributed by atoms with Gasteiger partial charge in [-0.15, -0.1) is 11.3 Å². The molecule has 2 heterocycles. The summed E-state index contributed by atoms with van der Waals surface area (Å²) >= 11 is 1.53. The molecule has 1 aromatic carbocycles. The number of rotatable bonds is 6. The molecule has 2 aromatic heterocycles. The van der Waals surface area contributed by atoms with Crippen molar-refractivity contribution in [3.8, 4) is 16.5 Å². The molecule has 25 heavy (non-hydrogen) atoms. The highest BCUT2D eigenvalue weighted by molar-refractivity contribution is 7.13. The maximum absolute atomic E-state index is 12.2. The van der Waals surface area contributed by atoms with Crippen LogP contribution in [-0.2, 0) is 11.3 Å². The first-order chi connectivity index (χ1) is 12.0. The van der Waals surface area contributed by atoms with Crippen LogP contribution in [0.1, 0.15) is 23.9 Å². The highest BCUT2D eigenvalue weighted by atomic mass is 32.1. The molecule has 0 saturated carbocycles. The molecule has 6 nitrogen and oxygen atoms in total. The zero-order chi connectivity index (χ0) is 17.8. The number of hydrogen-bond donors (Lipinski definition) is 1. The van der Waals surface area contributed by atoms with Gasteiger partial charge in [0, 0.05) is 0 Å². The van der Waals surface area contributed by atoms with Crippen molar-refractivity contribution < 1.29 is 14.1 Å². The first-order valence-corrected chi connectivity index (χ1v) is 8.79. The lowest BCUT2D eigenvalue weighted by Gasteiger charge is -2.16. The molecule has 1 amide bonds. The molecule has 7 heteroatoms. The Hall–Kier alpha value is -2.67. The number of amides is 1. The molecule has 0 unspecified atom stereocenters. The smallest absolute Gasteiger partial charge is 0.261 e. The van der Waals surface area contributed by atoms with Crippen LogP contribution >= 0.6 is 11.3 Å². The second-order valence-electron chi connectivity index (χ2n) is 5.74. The van der Waals surface area contributed by atoms with Crippen molar-refractivity contribution in [3.05, 3.63) is 52.7 Å². The van der Waals surface area contributed by atoms with E-state index in [0.29, 0.717) is 17.5 Å². The molecule has 0 bridgehead atoms. The molecule has 0 spiro atoms. The van der Waals surface area contributed by atoms with E-state index in [-0.39, 0.29) is 12.5 Å². The number of ether oxygens (including phenoxy) is 1. The minimum absolute atomic E-state index is 0.164. The lowest BCUT2D eigenvalue weighted by molar-refractivity contribution is -0.127. The van der Waals surface area contributed by atoms with Crippen LogP contribution < -0.4 is 10.1 Å². The summed E-state index contributed by atoms with van der Waals surface area (Å²) in [4.78, 5) is 17.4. The van der Waals surface area contributed by atoms with E-state index in [1.54, 1.807) is 6.92 Å². The van der Waals surface area contributed by atoms with Crippen LogP contribution in [-0.4, -0.2) is 22.2 Å². The van der Waals surface area contributed by atoms with Crippen molar-refractivity contribution in [2.24, 2.45) is 0 Å². The van der Waals surface area contributed by atoms with Gasteiger partial charge in [0.15, 0.2) is 6.10 Å². The summed E-state index contributed by atoms with van der Waals surface area (Å²) in [5, 5.41) is 8.61. The summed E-state index contributed by atoms with van der Waals surface area (Å²) in [5.41, 5.74) is 2.15. The van der Waals surface area contributed by atoms with E-state index in [1.807, 2.05) is 49.6 Å². The fraction of sp³-hybridized carbons (Fsp3) is 0.278. The quantitative estimate of drug-likeness (QED) is 0.730. The van der Waals surface area contributed by atoms with Gasteiger partial charge < -0.3 is 14.6 Å². The Kier molecular flexibility index (Phi) is 5.14. The largest absolute Gasteiger partial charge is 0.481 e. The van der Waals surface area contributed by atoms with E-state index in [2.05, 4.69) is 15.5 Å². The Labute approximate surface area is 149 Å². The van der Waals surface area contributed by atoms with Crippen LogP contribution in [0.2, 0.25) is 0 Å². The van der Waals surface area contributed by atoms with Crippen LogP contribution in [0.5, 0.6) is 5.75 Å². The normalized spacial score (nSPS) is 12.0. The highest BCUT2D eigenvalue weighted by Gasteiger charge is 2.17. The first-order valence-electron chi connectivity index (χ1n) is 7.91. The number of nitrogens with zero attached hydrogens (tertiary/aromatic N) is 2. The third kappa shape index (κ3) is 4.24. The Morgan fingerprint density at radius 3 is 2.92 bits per heavy atom. The summed E-state index contributed by atoms with van der Waals surface area (Å²) in [6, 6.07) is 9.68. The summed E-state index contributed by atoms with van der Waals surface area (Å²) in [6.07, 6.45) is -0.624. The molecule has 0 fully saturated rings. The minimum Gasteiger partial charge on any atom is -0.481 e. The average Bonchev–Trinajstić information content (AvgIpc) is 3.26. The van der Waals surface area contributed by atoms with Gasteiger partial charge in [-0.25, -0.2) is 0 Å². The lowest BCUT2D eigenvalue weighted by Crippen LogP contribution is -2.36. The van der Waals surface area contributed by atoms with Gasteiger partial charge in [0.05, 0.1) is 11.4 Å². The van der Waals surface area contributed by atoms with Gasteiger partial charge >= 0.3 is 0 Å². The number of benzene rings is 1. The van der Waals surface area contributed by atoms with Crippen LogP contribution in [0, 0.1) is 13.8 Å². The molecule has 0 saturated heterocycles. The molecule has 1 N–H and O–H groups in total. The van der Waals surface area contributed by atoms with Crippen molar-refractivity contribution in [2.45, 2.75) is 33.4 Å². The SMILES string of the molecule is Cc1ccc(O[C@@H](C)C(=O)NCc2nc(-c3cccs3)no2)c(C)c1. The monoisotopic (exact) mass is 357 g/mol. The van der Waals surface area contributed by atoms with Crippen LogP contribution in [0.25, 0.3) is 10.7 Å². The Bertz CT molecular complexity index is 858. The molecular weight excluding hydrogens is 338 g/mol. The number of aromatic nitrogens is 2. The summed E-state index contributed by atoms with van der Waals surface area (Å²) in [7, 11) is 0. The molecule has 0 radical (unpaired) electrons. The Morgan fingerprint density at radius 2 is 2.20 bits per heavy atom. The summed E-state index contributed by atoms with van der Waals surface area (Å²) in [6.45, 7) is 5.84. The van der Waals surface area contributed by atoms with Gasteiger partial charge in [-0.3, -0.25) is 4.79 Å². The molecule has 0 aliphatic heterocycles. The van der Waals surface area contributed by atoms with E-state index in [0.717, 1.165) is 16.0 Å². The number of hydrogen-bond acceptors (Lipinski definition) is 6. The van der Waals surface area contributed by atoms with E-state index in [4.69, 9.17) is 9.26 Å². The maximum Gasteiger partial charge on any atom is 0.261 e. The summed E-state index contributed by atoms with van der Waals surface area (Å²) < 4.78 is 10.9. The van der Waals surface area contributed by atoms with E-state index >= 15 is 0 Å². The topological polar surface area (TPSA) is 77.2 Å². The van der Waals surface area contributed by atoms with Gasteiger partial charge in [0.2, 0.25) is 11.7 Å². The second kappa shape index (κ2) is 7.48. The van der Waals surface area contributed by atoms with Crippen molar-refractivity contribution >= 4 is 17.2 Å². The Balaban J connectivity index is 1.55. The van der Waals surface area contributed by atoms with Crippen LogP contribution in [0.4, 0.5) is 0 Å². The molecule has 3 aromatic rings. The van der Waals surface area contributed by atoms with Gasteiger partial charge in [-0.1, -0.05) is 28.9 Å². The third-order valence-corrected chi connectivity index (χ3v) is 4.49. The Morgan fingerprint density at radius 1 is 1.36 bits per heavy atom. The maximum atomic E-state index is 12.2. The average molecular weight is 357 g/mol. The number of carbonyl (C=O) groups excluding carboxylic acids is 1. The van der Waals surface area contributed by atoms with Crippen LogP contribution in [0.15, 0.2) is 40.2 Å². The highest BCUT2D eigenvalue weighted by Crippen LogP contribution is 2.21. The third-order valence-electron chi connectivity index (χ3n) is 3.63. The second-order valence-corrected chi connectivity index (χ2v) is 6.68. The van der Waals surface area contributed by atoms with Gasteiger partial charge in [-0.2, -0.15) is 4.98 Å². The molecule has 3 rings (SSSR count). The van der Waals surface area contributed by atoms with Crippen molar-refractivity contribution in [1.29, 1.82) is 0 Å². The molecule has 0 aliphatic carbocycles. The van der Waals surface area contributed by atoms with E-state index in [1.165, 1.54) is 11.3 Å². The van der Waals surface area contributed by atoms with E-state index in [9.17, 15) is 4.79 Å². The lowest BCUT2D eigenvalue weighted by atomic mass is 10.1. The van der Waals surface area contributed by atoms with Crippen LogP contribution in [0.3, 0.4) is 0 Å². The fourth-order valence-electron chi connectivity index (χ4n) is 2.31. The zero-order valence-corrected chi connectivity index (χ0v) is 15.1. The standard InChI is InChI=1S/C18H19N3O3S/c1-11-6-7-14(12(2)9-11)23-13(3)18(22)19-10-16-20-17(21-24-16)15-5-4-8-25-15/h4-9,13H,10H2,1-3H3,(H,19,22)/t13-/m0/s1. The number of aryl methyl sites for hydroxylation is 2.